The molecule has 0 bridgehead atoms. The molecular formula is C9H10Cl2N2O2S. The van der Waals surface area contributed by atoms with E-state index in [9.17, 15) is 8.42 Å². The number of nitrogens with one attached hydrogen (secondary N) is 1. The van der Waals surface area contributed by atoms with Crippen LogP contribution in [0.15, 0.2) is 29.4 Å². The van der Waals surface area contributed by atoms with Crippen molar-refractivity contribution >= 4 is 33.2 Å². The number of halogens is 2. The molecule has 0 atom stereocenters. The van der Waals surface area contributed by atoms with Crippen LogP contribution in [0.3, 0.4) is 0 Å². The lowest BCUT2D eigenvalue weighted by atomic mass is 9.93. The lowest BCUT2D eigenvalue weighted by molar-refractivity contribution is 0.358. The van der Waals surface area contributed by atoms with E-state index in [0.717, 1.165) is 0 Å². The highest BCUT2D eigenvalue weighted by Crippen LogP contribution is 2.42. The lowest BCUT2D eigenvalue weighted by Gasteiger charge is -2.37. The van der Waals surface area contributed by atoms with Crippen LogP contribution in [0.4, 0.5) is 0 Å². The highest BCUT2D eigenvalue weighted by molar-refractivity contribution is 7.89. The summed E-state index contributed by atoms with van der Waals surface area (Å²) in [7, 11) is -3.55. The Hall–Kier alpha value is -0.360. The first-order chi connectivity index (χ1) is 7.39. The zero-order valence-corrected chi connectivity index (χ0v) is 10.6. The van der Waals surface area contributed by atoms with Crippen molar-refractivity contribution in [2.75, 3.05) is 0 Å². The van der Waals surface area contributed by atoms with Gasteiger partial charge in [-0.3, -0.25) is 0 Å². The summed E-state index contributed by atoms with van der Waals surface area (Å²) in [6, 6.07) is 4.51. The molecule has 16 heavy (non-hydrogen) atoms. The Morgan fingerprint density at radius 1 is 1.38 bits per heavy atom. The number of aromatic nitrogens is 1. The molecule has 0 radical (unpaired) electrons. The Morgan fingerprint density at radius 3 is 2.56 bits per heavy atom. The summed E-state index contributed by atoms with van der Waals surface area (Å²) in [5, 5.41) is 0.0108. The third-order valence-corrected chi connectivity index (χ3v) is 4.38. The first-order valence-electron chi connectivity index (χ1n) is 4.70. The van der Waals surface area contributed by atoms with Gasteiger partial charge in [-0.2, -0.15) is 0 Å². The number of nitrogens with zero attached hydrogens (tertiary/aromatic N) is 1. The maximum Gasteiger partial charge on any atom is 0.258 e. The van der Waals surface area contributed by atoms with Crippen molar-refractivity contribution in [3.8, 4) is 0 Å². The number of hydrogen-bond acceptors (Lipinski definition) is 3. The van der Waals surface area contributed by atoms with E-state index in [1.165, 1.54) is 12.3 Å². The Kier molecular flexibility index (Phi) is 3.13. The monoisotopic (exact) mass is 280 g/mol. The lowest BCUT2D eigenvalue weighted by Crippen LogP contribution is -2.49. The molecule has 0 aromatic carbocycles. The van der Waals surface area contributed by atoms with Crippen molar-refractivity contribution in [2.45, 2.75) is 28.2 Å². The largest absolute Gasteiger partial charge is 0.258 e. The summed E-state index contributed by atoms with van der Waals surface area (Å²) in [5.74, 6) is 0. The molecule has 1 aromatic rings. The molecule has 88 valence electrons. The maximum atomic E-state index is 11.8. The fraction of sp³-hybridized carbons (Fsp3) is 0.444. The predicted octanol–water partition coefficient (Wildman–Crippen LogP) is 1.70. The molecular weight excluding hydrogens is 271 g/mol. The van der Waals surface area contributed by atoms with E-state index in [-0.39, 0.29) is 11.1 Å². The molecule has 0 saturated heterocycles. The van der Waals surface area contributed by atoms with Gasteiger partial charge in [0.25, 0.3) is 10.0 Å². The van der Waals surface area contributed by atoms with Crippen LogP contribution in [0.25, 0.3) is 0 Å². The summed E-state index contributed by atoms with van der Waals surface area (Å²) in [4.78, 5) is 3.78. The molecule has 0 amide bonds. The van der Waals surface area contributed by atoms with Gasteiger partial charge in [0.1, 0.15) is 4.33 Å². The van der Waals surface area contributed by atoms with Gasteiger partial charge in [0.05, 0.1) is 0 Å². The summed E-state index contributed by atoms with van der Waals surface area (Å²) < 4.78 is 25.3. The molecule has 0 aliphatic heterocycles. The van der Waals surface area contributed by atoms with Crippen molar-refractivity contribution in [3.63, 3.8) is 0 Å². The van der Waals surface area contributed by atoms with Gasteiger partial charge in [-0.1, -0.05) is 6.07 Å². The minimum atomic E-state index is -3.55. The molecule has 1 N–H and O–H groups in total. The molecule has 4 nitrogen and oxygen atoms in total. The molecule has 0 unspecified atom stereocenters. The standard InChI is InChI=1S/C9H10Cl2N2O2S/c10-9(11)5-7(6-9)13-16(14,15)8-3-1-2-4-12-8/h1-4,7,13H,5-6H2. The highest BCUT2D eigenvalue weighted by atomic mass is 35.5. The molecule has 2 rings (SSSR count). The van der Waals surface area contributed by atoms with Gasteiger partial charge < -0.3 is 0 Å². The van der Waals surface area contributed by atoms with Crippen LogP contribution in [0, 0.1) is 0 Å². The van der Waals surface area contributed by atoms with Crippen LogP contribution in [0.1, 0.15) is 12.8 Å². The van der Waals surface area contributed by atoms with Crippen LogP contribution in [0.5, 0.6) is 0 Å². The summed E-state index contributed by atoms with van der Waals surface area (Å²) in [6.45, 7) is 0. The molecule has 1 fully saturated rings. The predicted molar refractivity (Wildman–Crippen MR) is 62.0 cm³/mol. The van der Waals surface area contributed by atoms with E-state index in [4.69, 9.17) is 23.2 Å². The van der Waals surface area contributed by atoms with Crippen LogP contribution in [-0.2, 0) is 10.0 Å². The molecule has 1 aliphatic rings. The van der Waals surface area contributed by atoms with Gasteiger partial charge in [0, 0.05) is 12.2 Å². The van der Waals surface area contributed by atoms with Crippen LogP contribution >= 0.6 is 23.2 Å². The van der Waals surface area contributed by atoms with E-state index < -0.39 is 14.4 Å². The molecule has 1 heterocycles. The quantitative estimate of drug-likeness (QED) is 0.858. The Bertz CT molecular complexity index is 468. The van der Waals surface area contributed by atoms with Crippen molar-refractivity contribution in [3.05, 3.63) is 24.4 Å². The van der Waals surface area contributed by atoms with Crippen LogP contribution in [-0.4, -0.2) is 23.8 Å². The van der Waals surface area contributed by atoms with Gasteiger partial charge in [-0.05, 0) is 25.0 Å². The third kappa shape index (κ3) is 2.66. The molecule has 1 aliphatic carbocycles. The number of pyridine rings is 1. The minimum absolute atomic E-state index is 0.0108. The average molecular weight is 281 g/mol. The SMILES string of the molecule is O=S(=O)(NC1CC(Cl)(Cl)C1)c1ccccn1. The Morgan fingerprint density at radius 2 is 2.06 bits per heavy atom. The Labute approximate surface area is 104 Å². The van der Waals surface area contributed by atoms with Crippen molar-refractivity contribution in [1.29, 1.82) is 0 Å². The highest BCUT2D eigenvalue weighted by Gasteiger charge is 2.43. The van der Waals surface area contributed by atoms with Gasteiger partial charge >= 0.3 is 0 Å². The second-order valence-electron chi connectivity index (χ2n) is 3.75. The maximum absolute atomic E-state index is 11.8. The van der Waals surface area contributed by atoms with Crippen molar-refractivity contribution in [1.82, 2.24) is 9.71 Å². The van der Waals surface area contributed by atoms with Crippen LogP contribution in [0.2, 0.25) is 0 Å². The number of sulfonamides is 1. The summed E-state index contributed by atoms with van der Waals surface area (Å²) in [5.41, 5.74) is 0. The zero-order valence-electron chi connectivity index (χ0n) is 8.23. The molecule has 1 saturated carbocycles. The van der Waals surface area contributed by atoms with Crippen molar-refractivity contribution < 1.29 is 8.42 Å². The smallest absolute Gasteiger partial charge is 0.243 e. The van der Waals surface area contributed by atoms with E-state index in [1.54, 1.807) is 12.1 Å². The van der Waals surface area contributed by atoms with E-state index in [2.05, 4.69) is 9.71 Å². The fourth-order valence-corrected chi connectivity index (χ4v) is 3.46. The second kappa shape index (κ2) is 4.14. The average Bonchev–Trinajstić information content (AvgIpc) is 2.16. The minimum Gasteiger partial charge on any atom is -0.243 e. The molecule has 7 heteroatoms. The number of alkyl halides is 2. The zero-order chi connectivity index (χ0) is 11.8. The van der Waals surface area contributed by atoms with Crippen LogP contribution < -0.4 is 4.72 Å². The van der Waals surface area contributed by atoms with Crippen molar-refractivity contribution in [2.24, 2.45) is 0 Å². The van der Waals surface area contributed by atoms with Gasteiger partial charge in [0.15, 0.2) is 5.03 Å². The van der Waals surface area contributed by atoms with E-state index in [0.29, 0.717) is 12.8 Å². The fourth-order valence-electron chi connectivity index (χ4n) is 1.53. The van der Waals surface area contributed by atoms with Gasteiger partial charge in [-0.15, -0.1) is 23.2 Å². The number of rotatable bonds is 3. The second-order valence-corrected chi connectivity index (χ2v) is 7.05. The third-order valence-electron chi connectivity index (χ3n) is 2.32. The molecule has 1 aromatic heterocycles. The van der Waals surface area contributed by atoms with Gasteiger partial charge in [0.2, 0.25) is 0 Å². The van der Waals surface area contributed by atoms with Gasteiger partial charge in [-0.25, -0.2) is 18.1 Å². The first-order valence-corrected chi connectivity index (χ1v) is 6.94. The van der Waals surface area contributed by atoms with E-state index >= 15 is 0 Å². The first kappa shape index (κ1) is 12.1. The normalized spacial score (nSPS) is 20.4. The summed E-state index contributed by atoms with van der Waals surface area (Å²) in [6.07, 6.45) is 2.27. The van der Waals surface area contributed by atoms with E-state index in [1.807, 2.05) is 0 Å². The number of hydrogen-bond donors (Lipinski definition) is 1. The molecule has 0 spiro atoms. The topological polar surface area (TPSA) is 59.1 Å². The summed E-state index contributed by atoms with van der Waals surface area (Å²) >= 11 is 11.6. The Balaban J connectivity index is 2.06.